The van der Waals surface area contributed by atoms with Gasteiger partial charge in [-0.3, -0.25) is 14.4 Å². The van der Waals surface area contributed by atoms with E-state index in [1.54, 1.807) is 0 Å². The number of rotatable bonds is 54. The molecule has 6 heteroatoms. The van der Waals surface area contributed by atoms with Gasteiger partial charge in [0.15, 0.2) is 6.10 Å². The summed E-state index contributed by atoms with van der Waals surface area (Å²) in [5.41, 5.74) is 0. The first kappa shape index (κ1) is 69.8. The van der Waals surface area contributed by atoms with E-state index in [-0.39, 0.29) is 31.1 Å². The molecule has 0 saturated carbocycles. The second-order valence-corrected chi connectivity index (χ2v) is 19.8. The number of ether oxygens (including phenoxy) is 3. The van der Waals surface area contributed by atoms with E-state index in [9.17, 15) is 14.4 Å². The van der Waals surface area contributed by atoms with Crippen molar-refractivity contribution in [3.63, 3.8) is 0 Å². The van der Waals surface area contributed by atoms with Crippen LogP contribution in [-0.2, 0) is 28.6 Å². The Hall–Kier alpha value is -4.19. The number of carbonyl (C=O) groups is 3. The Labute approximate surface area is 456 Å². The van der Waals surface area contributed by atoms with Crippen LogP contribution in [0, 0.1) is 0 Å². The van der Waals surface area contributed by atoms with Gasteiger partial charge in [-0.15, -0.1) is 0 Å². The third-order valence-electron chi connectivity index (χ3n) is 12.7. The van der Waals surface area contributed by atoms with E-state index in [0.717, 1.165) is 148 Å². The molecule has 0 rings (SSSR count). The van der Waals surface area contributed by atoms with Crippen LogP contribution < -0.4 is 0 Å². The van der Waals surface area contributed by atoms with Crippen molar-refractivity contribution < 1.29 is 28.6 Å². The lowest BCUT2D eigenvalue weighted by Crippen LogP contribution is -2.30. The first-order valence-electron chi connectivity index (χ1n) is 30.5. The molecule has 0 aliphatic rings. The first-order valence-corrected chi connectivity index (χ1v) is 30.5. The van der Waals surface area contributed by atoms with E-state index in [0.29, 0.717) is 19.3 Å². The topological polar surface area (TPSA) is 78.9 Å². The molecule has 1 unspecified atom stereocenters. The van der Waals surface area contributed by atoms with Crippen LogP contribution in [-0.4, -0.2) is 37.2 Å². The number of unbranched alkanes of at least 4 members (excludes halogenated alkanes) is 23. The van der Waals surface area contributed by atoms with E-state index in [4.69, 9.17) is 14.2 Å². The standard InChI is InChI=1S/C68H112O6/c1-4-7-10-13-16-19-22-25-28-29-30-31-32-33-34-35-36-37-38-39-41-43-46-49-52-55-58-61-67(70)73-64-65(63-72-66(69)60-57-54-51-48-45-42-27-24-21-18-15-12-9-6-3)74-68(71)62-59-56-53-50-47-44-40-26-23-20-17-14-11-8-5-2/h7-8,10-11,16-17,19-20,24-28,30-31,33-34,36-37,40,65H,4-6,9,12-15,18,21-23,29,32,35,38-39,41-64H2,1-3H3/b10-7-,11-8-,19-16-,20-17-,27-24-,28-25-,31-30-,34-33-,37-36-,40-26-. The van der Waals surface area contributed by atoms with Crippen LogP contribution in [0.3, 0.4) is 0 Å². The van der Waals surface area contributed by atoms with E-state index >= 15 is 0 Å². The Balaban J connectivity index is 4.36. The fraction of sp³-hybridized carbons (Fsp3) is 0.662. The van der Waals surface area contributed by atoms with Gasteiger partial charge in [-0.1, -0.05) is 245 Å². The third-order valence-corrected chi connectivity index (χ3v) is 12.7. The normalized spacial score (nSPS) is 13.0. The molecular formula is C68H112O6. The Morgan fingerprint density at radius 2 is 0.527 bits per heavy atom. The Bertz CT molecular complexity index is 1550. The van der Waals surface area contributed by atoms with Crippen molar-refractivity contribution in [1.29, 1.82) is 0 Å². The average molecular weight is 1030 g/mol. The predicted molar refractivity (Wildman–Crippen MR) is 320 cm³/mol. The fourth-order valence-corrected chi connectivity index (χ4v) is 8.16. The van der Waals surface area contributed by atoms with Crippen LogP contribution in [0.2, 0.25) is 0 Å². The number of hydrogen-bond donors (Lipinski definition) is 0. The van der Waals surface area contributed by atoms with Crippen LogP contribution >= 0.6 is 0 Å². The highest BCUT2D eigenvalue weighted by atomic mass is 16.6. The molecule has 0 saturated heterocycles. The molecule has 0 aliphatic heterocycles. The summed E-state index contributed by atoms with van der Waals surface area (Å²) in [4.78, 5) is 38.2. The zero-order valence-corrected chi connectivity index (χ0v) is 48.1. The number of allylic oxidation sites excluding steroid dienone is 20. The highest BCUT2D eigenvalue weighted by Gasteiger charge is 2.19. The van der Waals surface area contributed by atoms with Crippen LogP contribution in [0.1, 0.15) is 271 Å². The summed E-state index contributed by atoms with van der Waals surface area (Å²) < 4.78 is 16.9. The quantitative estimate of drug-likeness (QED) is 0.0261. The van der Waals surface area contributed by atoms with Crippen molar-refractivity contribution in [2.75, 3.05) is 13.2 Å². The van der Waals surface area contributed by atoms with Crippen molar-refractivity contribution >= 4 is 17.9 Å². The predicted octanol–water partition coefficient (Wildman–Crippen LogP) is 20.8. The second-order valence-electron chi connectivity index (χ2n) is 19.8. The van der Waals surface area contributed by atoms with Crippen molar-refractivity contribution in [3.8, 4) is 0 Å². The molecule has 0 bridgehead atoms. The minimum absolute atomic E-state index is 0.0939. The maximum Gasteiger partial charge on any atom is 0.306 e. The largest absolute Gasteiger partial charge is 0.462 e. The zero-order chi connectivity index (χ0) is 53.6. The molecule has 6 nitrogen and oxygen atoms in total. The second kappa shape index (κ2) is 61.4. The van der Waals surface area contributed by atoms with Crippen molar-refractivity contribution in [2.45, 2.75) is 277 Å². The molecule has 1 atom stereocenters. The van der Waals surface area contributed by atoms with Crippen molar-refractivity contribution in [2.24, 2.45) is 0 Å². The summed E-state index contributed by atoms with van der Waals surface area (Å²) >= 11 is 0. The lowest BCUT2D eigenvalue weighted by molar-refractivity contribution is -0.167. The molecule has 0 heterocycles. The van der Waals surface area contributed by atoms with Gasteiger partial charge in [-0.25, -0.2) is 0 Å². The molecule has 0 radical (unpaired) electrons. The van der Waals surface area contributed by atoms with E-state index < -0.39 is 6.10 Å². The molecule has 0 aromatic rings. The van der Waals surface area contributed by atoms with Crippen LogP contribution in [0.4, 0.5) is 0 Å². The number of carbonyl (C=O) groups excluding carboxylic acids is 3. The van der Waals surface area contributed by atoms with Gasteiger partial charge < -0.3 is 14.2 Å². The Morgan fingerprint density at radius 1 is 0.284 bits per heavy atom. The summed E-state index contributed by atoms with van der Waals surface area (Å²) in [6.07, 6.45) is 84.8. The lowest BCUT2D eigenvalue weighted by Gasteiger charge is -2.18. The van der Waals surface area contributed by atoms with Gasteiger partial charge in [0.05, 0.1) is 0 Å². The molecule has 0 aliphatic carbocycles. The van der Waals surface area contributed by atoms with Gasteiger partial charge in [-0.2, -0.15) is 0 Å². The Kier molecular flexibility index (Phi) is 57.9. The molecule has 0 aromatic carbocycles. The minimum Gasteiger partial charge on any atom is -0.462 e. The highest BCUT2D eigenvalue weighted by Crippen LogP contribution is 2.14. The third kappa shape index (κ3) is 58.7. The van der Waals surface area contributed by atoms with Gasteiger partial charge in [0.1, 0.15) is 13.2 Å². The highest BCUT2D eigenvalue weighted by molar-refractivity contribution is 5.71. The molecule has 0 N–H and O–H groups in total. The maximum atomic E-state index is 12.9. The van der Waals surface area contributed by atoms with E-state index in [1.165, 1.54) is 83.5 Å². The van der Waals surface area contributed by atoms with Gasteiger partial charge in [0.2, 0.25) is 0 Å². The lowest BCUT2D eigenvalue weighted by atomic mass is 10.1. The van der Waals surface area contributed by atoms with E-state index in [1.807, 2.05) is 0 Å². The van der Waals surface area contributed by atoms with E-state index in [2.05, 4.69) is 142 Å². The number of esters is 3. The van der Waals surface area contributed by atoms with Crippen molar-refractivity contribution in [1.82, 2.24) is 0 Å². The monoisotopic (exact) mass is 1020 g/mol. The molecule has 0 spiro atoms. The molecule has 0 aromatic heterocycles. The molecule has 0 fully saturated rings. The SMILES string of the molecule is CC/C=C\C/C=C\C/C=C\C/C=C\C/C=C\C/C=C\CCCCCCCCCCC(=O)OCC(COC(=O)CCCCCCC/C=C\CCCCCCC)OC(=O)CCCCCCC/C=C\C/C=C\C/C=C\CC. The molecular weight excluding hydrogens is 913 g/mol. The Morgan fingerprint density at radius 3 is 0.838 bits per heavy atom. The van der Waals surface area contributed by atoms with Crippen molar-refractivity contribution in [3.05, 3.63) is 122 Å². The van der Waals surface area contributed by atoms with Gasteiger partial charge in [0, 0.05) is 19.3 Å². The first-order chi connectivity index (χ1) is 36.5. The van der Waals surface area contributed by atoms with Gasteiger partial charge in [0.25, 0.3) is 0 Å². The minimum atomic E-state index is -0.798. The summed E-state index contributed by atoms with van der Waals surface area (Å²) in [5, 5.41) is 0. The summed E-state index contributed by atoms with van der Waals surface area (Å²) in [7, 11) is 0. The molecule has 74 heavy (non-hydrogen) atoms. The maximum absolute atomic E-state index is 12.9. The molecule has 420 valence electrons. The number of hydrogen-bond acceptors (Lipinski definition) is 6. The van der Waals surface area contributed by atoms with Gasteiger partial charge >= 0.3 is 17.9 Å². The zero-order valence-electron chi connectivity index (χ0n) is 48.1. The smallest absolute Gasteiger partial charge is 0.306 e. The van der Waals surface area contributed by atoms with Crippen LogP contribution in [0.5, 0.6) is 0 Å². The fourth-order valence-electron chi connectivity index (χ4n) is 8.16. The molecule has 0 amide bonds. The van der Waals surface area contributed by atoms with Crippen LogP contribution in [0.25, 0.3) is 0 Å². The van der Waals surface area contributed by atoms with Crippen LogP contribution in [0.15, 0.2) is 122 Å². The summed E-state index contributed by atoms with van der Waals surface area (Å²) in [6.45, 7) is 6.38. The average Bonchev–Trinajstić information content (AvgIpc) is 3.40. The van der Waals surface area contributed by atoms with Gasteiger partial charge in [-0.05, 0) is 128 Å². The summed E-state index contributed by atoms with van der Waals surface area (Å²) in [6, 6.07) is 0. The summed E-state index contributed by atoms with van der Waals surface area (Å²) in [5.74, 6) is -0.926.